The summed E-state index contributed by atoms with van der Waals surface area (Å²) in [7, 11) is 1.69. The Balaban J connectivity index is 1.40. The molecule has 2 atom stereocenters. The molecule has 168 valence electrons. The average molecular weight is 435 g/mol. The van der Waals surface area contributed by atoms with Crippen LogP contribution in [0.15, 0.2) is 54.6 Å². The van der Waals surface area contributed by atoms with Crippen molar-refractivity contribution in [1.82, 2.24) is 25.1 Å². The fraction of sp³-hybridized carbons (Fsp3) is 0.458. The maximum Gasteiger partial charge on any atom is 0.173 e. The summed E-state index contributed by atoms with van der Waals surface area (Å²) in [5.41, 5.74) is 2.44. The van der Waals surface area contributed by atoms with E-state index in [2.05, 4.69) is 67.8 Å². The summed E-state index contributed by atoms with van der Waals surface area (Å²) >= 11 is 0. The highest BCUT2D eigenvalue weighted by Crippen LogP contribution is 2.30. The summed E-state index contributed by atoms with van der Waals surface area (Å²) in [6.45, 7) is 5.30. The molecule has 0 spiro atoms. The Bertz CT molecular complexity index is 979. The summed E-state index contributed by atoms with van der Waals surface area (Å²) in [5, 5.41) is 12.9. The molecule has 2 aliphatic heterocycles. The van der Waals surface area contributed by atoms with Gasteiger partial charge in [0.2, 0.25) is 0 Å². The molecule has 3 aromatic rings. The minimum Gasteiger partial charge on any atom is -0.497 e. The molecule has 2 aromatic carbocycles. The number of nitrogens with zero attached hydrogens (tertiary/aromatic N) is 6. The fourth-order valence-corrected chi connectivity index (χ4v) is 4.71. The number of benzene rings is 2. The Kier molecular flexibility index (Phi) is 6.31. The molecular formula is C24H30N6O2. The van der Waals surface area contributed by atoms with Crippen molar-refractivity contribution in [3.63, 3.8) is 0 Å². The number of piperazine rings is 1. The minimum absolute atomic E-state index is 0.0183. The number of methoxy groups -OCH3 is 1. The van der Waals surface area contributed by atoms with E-state index in [4.69, 9.17) is 9.47 Å². The van der Waals surface area contributed by atoms with E-state index < -0.39 is 0 Å². The van der Waals surface area contributed by atoms with Crippen LogP contribution in [0.25, 0.3) is 0 Å². The van der Waals surface area contributed by atoms with Crippen molar-refractivity contribution >= 4 is 5.69 Å². The number of tetrazole rings is 1. The van der Waals surface area contributed by atoms with Gasteiger partial charge in [0, 0.05) is 38.5 Å². The monoisotopic (exact) mass is 434 g/mol. The molecule has 0 saturated carbocycles. The second kappa shape index (κ2) is 9.67. The molecule has 2 saturated heterocycles. The van der Waals surface area contributed by atoms with Gasteiger partial charge in [-0.05, 0) is 53.1 Å². The van der Waals surface area contributed by atoms with Crippen molar-refractivity contribution < 1.29 is 9.47 Å². The lowest BCUT2D eigenvalue weighted by atomic mass is 10.0. The molecule has 0 amide bonds. The van der Waals surface area contributed by atoms with E-state index in [1.165, 1.54) is 11.3 Å². The maximum absolute atomic E-state index is 5.85. The fourth-order valence-electron chi connectivity index (χ4n) is 4.71. The average Bonchev–Trinajstić information content (AvgIpc) is 3.54. The van der Waals surface area contributed by atoms with E-state index >= 15 is 0 Å². The molecule has 5 rings (SSSR count). The zero-order chi connectivity index (χ0) is 21.8. The molecule has 3 heterocycles. The van der Waals surface area contributed by atoms with Crippen LogP contribution in [0.5, 0.6) is 5.75 Å². The number of ether oxygens (including phenoxy) is 2. The first-order valence-corrected chi connectivity index (χ1v) is 11.4. The first kappa shape index (κ1) is 20.9. The van der Waals surface area contributed by atoms with Crippen LogP contribution >= 0.6 is 0 Å². The van der Waals surface area contributed by atoms with Crippen LogP contribution < -0.4 is 9.64 Å². The lowest BCUT2D eigenvalue weighted by Crippen LogP contribution is -2.48. The molecule has 8 nitrogen and oxygen atoms in total. The van der Waals surface area contributed by atoms with E-state index in [0.29, 0.717) is 6.54 Å². The van der Waals surface area contributed by atoms with Gasteiger partial charge in [-0.1, -0.05) is 30.3 Å². The van der Waals surface area contributed by atoms with Crippen molar-refractivity contribution in [1.29, 1.82) is 0 Å². The first-order valence-electron chi connectivity index (χ1n) is 11.4. The SMILES string of the molecule is COc1ccc([C@H](c2nnnn2C[C@H]2CCCO2)N2CCN(c3ccccc3)CC2)cc1. The molecule has 0 aliphatic carbocycles. The Morgan fingerprint density at radius 3 is 2.50 bits per heavy atom. The van der Waals surface area contributed by atoms with Crippen molar-refractivity contribution in [2.24, 2.45) is 0 Å². The van der Waals surface area contributed by atoms with Gasteiger partial charge in [-0.15, -0.1) is 5.10 Å². The standard InChI is InChI=1S/C24H30N6O2/c1-31-21-11-9-19(10-12-21)23(24-25-26-27-30(24)18-22-8-5-17-32-22)29-15-13-28(14-16-29)20-6-3-2-4-7-20/h2-4,6-7,9-12,22-23H,5,8,13-18H2,1H3/t22-,23-/m1/s1. The molecule has 0 unspecified atom stereocenters. The summed E-state index contributed by atoms with van der Waals surface area (Å²) in [5.74, 6) is 1.72. The molecule has 0 bridgehead atoms. The number of anilines is 1. The van der Waals surface area contributed by atoms with Gasteiger partial charge in [-0.3, -0.25) is 4.90 Å². The Hall–Kier alpha value is -2.97. The molecule has 0 N–H and O–H groups in total. The van der Waals surface area contributed by atoms with Gasteiger partial charge in [0.25, 0.3) is 0 Å². The van der Waals surface area contributed by atoms with Crippen molar-refractivity contribution in [2.75, 3.05) is 44.8 Å². The van der Waals surface area contributed by atoms with Gasteiger partial charge in [0.15, 0.2) is 5.82 Å². The van der Waals surface area contributed by atoms with Gasteiger partial charge < -0.3 is 14.4 Å². The summed E-state index contributed by atoms with van der Waals surface area (Å²) in [4.78, 5) is 4.93. The van der Waals surface area contributed by atoms with Crippen LogP contribution in [-0.4, -0.2) is 71.1 Å². The molecule has 2 fully saturated rings. The topological polar surface area (TPSA) is 68.5 Å². The Morgan fingerprint density at radius 2 is 1.81 bits per heavy atom. The minimum atomic E-state index is -0.0183. The third-order valence-corrected chi connectivity index (χ3v) is 6.44. The van der Waals surface area contributed by atoms with Crippen molar-refractivity contribution in [3.8, 4) is 5.75 Å². The van der Waals surface area contributed by atoms with Gasteiger partial charge in [0.1, 0.15) is 5.75 Å². The van der Waals surface area contributed by atoms with Gasteiger partial charge >= 0.3 is 0 Å². The molecular weight excluding hydrogens is 404 g/mol. The highest BCUT2D eigenvalue weighted by atomic mass is 16.5. The van der Waals surface area contributed by atoms with E-state index in [1.54, 1.807) is 7.11 Å². The maximum atomic E-state index is 5.85. The van der Waals surface area contributed by atoms with Gasteiger partial charge in [-0.25, -0.2) is 4.68 Å². The smallest absolute Gasteiger partial charge is 0.173 e. The van der Waals surface area contributed by atoms with Crippen LogP contribution in [0.3, 0.4) is 0 Å². The number of para-hydroxylation sites is 1. The van der Waals surface area contributed by atoms with Crippen molar-refractivity contribution in [2.45, 2.75) is 31.5 Å². The predicted molar refractivity (Wildman–Crippen MR) is 122 cm³/mol. The molecule has 32 heavy (non-hydrogen) atoms. The second-order valence-corrected chi connectivity index (χ2v) is 8.39. The summed E-state index contributed by atoms with van der Waals surface area (Å²) in [6.07, 6.45) is 2.34. The lowest BCUT2D eigenvalue weighted by Gasteiger charge is -2.40. The Labute approximate surface area is 188 Å². The number of rotatable bonds is 7. The van der Waals surface area contributed by atoms with Crippen LogP contribution in [-0.2, 0) is 11.3 Å². The zero-order valence-corrected chi connectivity index (χ0v) is 18.5. The van der Waals surface area contributed by atoms with E-state index in [9.17, 15) is 0 Å². The molecule has 0 radical (unpaired) electrons. The van der Waals surface area contributed by atoms with Gasteiger partial charge in [0.05, 0.1) is 25.8 Å². The largest absolute Gasteiger partial charge is 0.497 e. The van der Waals surface area contributed by atoms with Crippen LogP contribution in [0.1, 0.15) is 30.3 Å². The lowest BCUT2D eigenvalue weighted by molar-refractivity contribution is 0.0906. The van der Waals surface area contributed by atoms with Crippen molar-refractivity contribution in [3.05, 3.63) is 66.0 Å². The second-order valence-electron chi connectivity index (χ2n) is 8.39. The predicted octanol–water partition coefficient (Wildman–Crippen LogP) is 2.77. The summed E-state index contributed by atoms with van der Waals surface area (Å²) < 4.78 is 13.2. The number of aromatic nitrogens is 4. The highest BCUT2D eigenvalue weighted by molar-refractivity contribution is 5.46. The number of hydrogen-bond donors (Lipinski definition) is 0. The van der Waals surface area contributed by atoms with Crippen LogP contribution in [0.2, 0.25) is 0 Å². The van der Waals surface area contributed by atoms with E-state index in [1.807, 2.05) is 16.8 Å². The normalized spacial score (nSPS) is 20.4. The third kappa shape index (κ3) is 4.47. The first-order chi connectivity index (χ1) is 15.8. The van der Waals surface area contributed by atoms with Crippen LogP contribution in [0.4, 0.5) is 5.69 Å². The molecule has 2 aliphatic rings. The number of hydrogen-bond acceptors (Lipinski definition) is 7. The zero-order valence-electron chi connectivity index (χ0n) is 18.5. The van der Waals surface area contributed by atoms with Gasteiger partial charge in [-0.2, -0.15) is 0 Å². The molecule has 8 heteroatoms. The van der Waals surface area contributed by atoms with E-state index in [-0.39, 0.29) is 12.1 Å². The van der Waals surface area contributed by atoms with E-state index in [0.717, 1.165) is 57.2 Å². The quantitative estimate of drug-likeness (QED) is 0.566. The highest BCUT2D eigenvalue weighted by Gasteiger charge is 2.31. The molecule has 1 aromatic heterocycles. The Morgan fingerprint density at radius 1 is 1.03 bits per heavy atom. The summed E-state index contributed by atoms with van der Waals surface area (Å²) in [6, 6.07) is 18.9. The third-order valence-electron chi connectivity index (χ3n) is 6.44. The van der Waals surface area contributed by atoms with Crippen LogP contribution in [0, 0.1) is 0 Å².